The van der Waals surface area contributed by atoms with Gasteiger partial charge in [-0.15, -0.1) is 0 Å². The number of hydrogen-bond acceptors (Lipinski definition) is 2. The second-order valence-electron chi connectivity index (χ2n) is 4.92. The van der Waals surface area contributed by atoms with Gasteiger partial charge in [0.05, 0.1) is 0 Å². The molecular formula is C14H20N2O. The molecule has 1 aromatic rings. The minimum Gasteiger partial charge on any atom is -0.336 e. The van der Waals surface area contributed by atoms with Crippen LogP contribution in [0.2, 0.25) is 0 Å². The minimum absolute atomic E-state index is 0.163. The normalized spacial score (nSPS) is 20.4. The molecule has 1 fully saturated rings. The van der Waals surface area contributed by atoms with E-state index in [4.69, 9.17) is 0 Å². The van der Waals surface area contributed by atoms with Gasteiger partial charge in [-0.3, -0.25) is 4.79 Å². The molecule has 0 saturated carbocycles. The Labute approximate surface area is 103 Å². The van der Waals surface area contributed by atoms with Crippen LogP contribution in [0.25, 0.3) is 0 Å². The Morgan fingerprint density at radius 1 is 1.41 bits per heavy atom. The SMILES string of the molecule is Cc1ccc(C(=O)N2CCN[C@@H](C)C2)c(C)c1. The van der Waals surface area contributed by atoms with Gasteiger partial charge in [0, 0.05) is 31.2 Å². The summed E-state index contributed by atoms with van der Waals surface area (Å²) in [6.45, 7) is 8.65. The molecule has 1 heterocycles. The first-order valence-electron chi connectivity index (χ1n) is 6.18. The third kappa shape index (κ3) is 2.67. The van der Waals surface area contributed by atoms with Crippen LogP contribution in [0.3, 0.4) is 0 Å². The summed E-state index contributed by atoms with van der Waals surface area (Å²) in [4.78, 5) is 14.3. The van der Waals surface area contributed by atoms with Crippen molar-refractivity contribution in [2.75, 3.05) is 19.6 Å². The molecule has 1 N–H and O–H groups in total. The van der Waals surface area contributed by atoms with Crippen molar-refractivity contribution in [3.8, 4) is 0 Å². The Morgan fingerprint density at radius 2 is 2.18 bits per heavy atom. The molecule has 17 heavy (non-hydrogen) atoms. The highest BCUT2D eigenvalue weighted by molar-refractivity contribution is 5.95. The van der Waals surface area contributed by atoms with Gasteiger partial charge in [-0.25, -0.2) is 0 Å². The molecule has 0 radical (unpaired) electrons. The van der Waals surface area contributed by atoms with Crippen LogP contribution in [0.5, 0.6) is 0 Å². The number of carbonyl (C=O) groups is 1. The third-order valence-electron chi connectivity index (χ3n) is 3.27. The highest BCUT2D eigenvalue weighted by atomic mass is 16.2. The van der Waals surface area contributed by atoms with E-state index in [0.29, 0.717) is 6.04 Å². The van der Waals surface area contributed by atoms with Crippen LogP contribution in [-0.4, -0.2) is 36.5 Å². The van der Waals surface area contributed by atoms with Crippen molar-refractivity contribution >= 4 is 5.91 Å². The average molecular weight is 232 g/mol. The van der Waals surface area contributed by atoms with Gasteiger partial charge in [0.1, 0.15) is 0 Å². The summed E-state index contributed by atoms with van der Waals surface area (Å²) in [6.07, 6.45) is 0. The van der Waals surface area contributed by atoms with Crippen LogP contribution in [-0.2, 0) is 0 Å². The molecular weight excluding hydrogens is 212 g/mol. The summed E-state index contributed by atoms with van der Waals surface area (Å²) in [6, 6.07) is 6.41. The van der Waals surface area contributed by atoms with Crippen LogP contribution in [0.1, 0.15) is 28.4 Å². The summed E-state index contributed by atoms with van der Waals surface area (Å²) < 4.78 is 0. The van der Waals surface area contributed by atoms with Crippen molar-refractivity contribution in [1.29, 1.82) is 0 Å². The number of nitrogens with one attached hydrogen (secondary N) is 1. The molecule has 3 nitrogen and oxygen atoms in total. The van der Waals surface area contributed by atoms with E-state index in [1.807, 2.05) is 30.9 Å². The molecule has 1 aliphatic rings. The van der Waals surface area contributed by atoms with Crippen LogP contribution in [0.4, 0.5) is 0 Å². The number of amides is 1. The Hall–Kier alpha value is -1.35. The molecule has 0 bridgehead atoms. The quantitative estimate of drug-likeness (QED) is 0.800. The molecule has 0 unspecified atom stereocenters. The molecule has 1 amide bonds. The van der Waals surface area contributed by atoms with Gasteiger partial charge in [-0.2, -0.15) is 0 Å². The Bertz CT molecular complexity index is 428. The second kappa shape index (κ2) is 4.88. The standard InChI is InChI=1S/C14H20N2O/c1-10-4-5-13(11(2)8-10)14(17)16-7-6-15-12(3)9-16/h4-5,8,12,15H,6-7,9H2,1-3H3/t12-/m0/s1. The maximum Gasteiger partial charge on any atom is 0.254 e. The monoisotopic (exact) mass is 232 g/mol. The van der Waals surface area contributed by atoms with E-state index < -0.39 is 0 Å². The first-order chi connectivity index (χ1) is 8.08. The van der Waals surface area contributed by atoms with E-state index in [1.54, 1.807) is 0 Å². The van der Waals surface area contributed by atoms with Crippen molar-refractivity contribution in [3.63, 3.8) is 0 Å². The third-order valence-corrected chi connectivity index (χ3v) is 3.27. The Morgan fingerprint density at radius 3 is 2.82 bits per heavy atom. The Balaban J connectivity index is 2.18. The maximum atomic E-state index is 12.4. The van der Waals surface area contributed by atoms with Crippen molar-refractivity contribution in [2.24, 2.45) is 0 Å². The number of rotatable bonds is 1. The van der Waals surface area contributed by atoms with Gasteiger partial charge in [0.15, 0.2) is 0 Å². The van der Waals surface area contributed by atoms with E-state index in [1.165, 1.54) is 5.56 Å². The summed E-state index contributed by atoms with van der Waals surface area (Å²) in [7, 11) is 0. The number of aryl methyl sites for hydroxylation is 2. The number of carbonyl (C=O) groups excluding carboxylic acids is 1. The van der Waals surface area contributed by atoms with Crippen LogP contribution in [0, 0.1) is 13.8 Å². The number of benzene rings is 1. The van der Waals surface area contributed by atoms with Gasteiger partial charge in [0.2, 0.25) is 0 Å². The molecule has 92 valence electrons. The highest BCUT2D eigenvalue weighted by Crippen LogP contribution is 2.14. The molecule has 1 saturated heterocycles. The minimum atomic E-state index is 0.163. The number of hydrogen-bond donors (Lipinski definition) is 1. The lowest BCUT2D eigenvalue weighted by molar-refractivity contribution is 0.0708. The molecule has 3 heteroatoms. The first-order valence-corrected chi connectivity index (χ1v) is 6.18. The zero-order valence-corrected chi connectivity index (χ0v) is 10.8. The smallest absolute Gasteiger partial charge is 0.254 e. The molecule has 1 aliphatic heterocycles. The zero-order chi connectivity index (χ0) is 12.4. The first kappa shape index (κ1) is 12.1. The van der Waals surface area contributed by atoms with E-state index in [-0.39, 0.29) is 5.91 Å². The zero-order valence-electron chi connectivity index (χ0n) is 10.8. The Kier molecular flexibility index (Phi) is 3.48. The van der Waals surface area contributed by atoms with Crippen molar-refractivity contribution in [3.05, 3.63) is 34.9 Å². The molecule has 0 aliphatic carbocycles. The van der Waals surface area contributed by atoms with Gasteiger partial charge >= 0.3 is 0 Å². The van der Waals surface area contributed by atoms with Crippen molar-refractivity contribution in [2.45, 2.75) is 26.8 Å². The fourth-order valence-electron chi connectivity index (χ4n) is 2.34. The van der Waals surface area contributed by atoms with E-state index in [2.05, 4.69) is 18.3 Å². The number of nitrogens with zero attached hydrogens (tertiary/aromatic N) is 1. The fourth-order valence-corrected chi connectivity index (χ4v) is 2.34. The van der Waals surface area contributed by atoms with Gasteiger partial charge in [-0.05, 0) is 32.4 Å². The largest absolute Gasteiger partial charge is 0.336 e. The van der Waals surface area contributed by atoms with Crippen molar-refractivity contribution in [1.82, 2.24) is 10.2 Å². The van der Waals surface area contributed by atoms with Gasteiger partial charge in [-0.1, -0.05) is 17.7 Å². The van der Waals surface area contributed by atoms with Gasteiger partial charge in [0.25, 0.3) is 5.91 Å². The van der Waals surface area contributed by atoms with Crippen LogP contribution >= 0.6 is 0 Å². The lowest BCUT2D eigenvalue weighted by Gasteiger charge is -2.32. The molecule has 1 atom stereocenters. The predicted molar refractivity (Wildman–Crippen MR) is 69.3 cm³/mol. The summed E-state index contributed by atoms with van der Waals surface area (Å²) >= 11 is 0. The summed E-state index contributed by atoms with van der Waals surface area (Å²) in [5.74, 6) is 0.163. The van der Waals surface area contributed by atoms with E-state index in [9.17, 15) is 4.79 Å². The molecule has 0 aromatic heterocycles. The van der Waals surface area contributed by atoms with E-state index in [0.717, 1.165) is 30.8 Å². The molecule has 0 spiro atoms. The maximum absolute atomic E-state index is 12.4. The predicted octanol–water partition coefficient (Wildman–Crippen LogP) is 1.74. The molecule has 2 rings (SSSR count). The van der Waals surface area contributed by atoms with Crippen LogP contribution in [0.15, 0.2) is 18.2 Å². The lowest BCUT2D eigenvalue weighted by Crippen LogP contribution is -2.51. The fraction of sp³-hybridized carbons (Fsp3) is 0.500. The number of piperazine rings is 1. The van der Waals surface area contributed by atoms with Crippen molar-refractivity contribution < 1.29 is 4.79 Å². The molecule has 1 aromatic carbocycles. The summed E-state index contributed by atoms with van der Waals surface area (Å²) in [5.41, 5.74) is 3.11. The van der Waals surface area contributed by atoms with Crippen LogP contribution < -0.4 is 5.32 Å². The second-order valence-corrected chi connectivity index (χ2v) is 4.92. The topological polar surface area (TPSA) is 32.3 Å². The highest BCUT2D eigenvalue weighted by Gasteiger charge is 2.22. The van der Waals surface area contributed by atoms with E-state index >= 15 is 0 Å². The average Bonchev–Trinajstić information content (AvgIpc) is 2.28. The summed E-state index contributed by atoms with van der Waals surface area (Å²) in [5, 5.41) is 3.35. The van der Waals surface area contributed by atoms with Gasteiger partial charge < -0.3 is 10.2 Å². The lowest BCUT2D eigenvalue weighted by atomic mass is 10.0.